The number of hydrogen-bond acceptors (Lipinski definition) is 6. The molecule has 0 spiro atoms. The van der Waals surface area contributed by atoms with E-state index in [1.165, 1.54) is 83.5 Å². The molecule has 0 fully saturated rings. The van der Waals surface area contributed by atoms with Crippen LogP contribution in [0.25, 0.3) is 0 Å². The van der Waals surface area contributed by atoms with Gasteiger partial charge < -0.3 is 14.2 Å². The van der Waals surface area contributed by atoms with E-state index in [0.717, 1.165) is 161 Å². The molecule has 0 aliphatic carbocycles. The monoisotopic (exact) mass is 1100 g/mol. The van der Waals surface area contributed by atoms with E-state index in [9.17, 15) is 14.4 Å². The van der Waals surface area contributed by atoms with Gasteiger partial charge >= 0.3 is 17.9 Å². The number of hydrogen-bond donors (Lipinski definition) is 0. The molecule has 80 heavy (non-hydrogen) atoms. The summed E-state index contributed by atoms with van der Waals surface area (Å²) in [4.78, 5) is 38.4. The molecule has 0 aromatic carbocycles. The Kier molecular flexibility index (Phi) is 62.9. The minimum atomic E-state index is -0.814. The van der Waals surface area contributed by atoms with Crippen LogP contribution in [0, 0.1) is 0 Å². The molecule has 0 rings (SSSR count). The van der Waals surface area contributed by atoms with Gasteiger partial charge in [0.25, 0.3) is 0 Å². The van der Waals surface area contributed by atoms with Crippen LogP contribution in [-0.2, 0) is 28.6 Å². The van der Waals surface area contributed by atoms with Gasteiger partial charge in [-0.05, 0) is 148 Å². The Morgan fingerprint density at radius 2 is 0.487 bits per heavy atom. The summed E-state index contributed by atoms with van der Waals surface area (Å²) in [6.07, 6.45) is 95.6. The van der Waals surface area contributed by atoms with Crippen molar-refractivity contribution in [2.75, 3.05) is 13.2 Å². The molecule has 452 valence electrons. The molecule has 0 bridgehead atoms. The number of ether oxygens (including phenoxy) is 3. The Morgan fingerprint density at radius 1 is 0.263 bits per heavy atom. The Bertz CT molecular complexity index is 1750. The maximum absolute atomic E-state index is 12.9. The quantitative estimate of drug-likeness (QED) is 0.0261. The van der Waals surface area contributed by atoms with Gasteiger partial charge in [-0.1, -0.05) is 263 Å². The fourth-order valence-corrected chi connectivity index (χ4v) is 8.64. The molecule has 0 saturated heterocycles. The minimum Gasteiger partial charge on any atom is -0.462 e. The van der Waals surface area contributed by atoms with Crippen LogP contribution in [0.1, 0.15) is 284 Å². The zero-order valence-electron chi connectivity index (χ0n) is 51.8. The van der Waals surface area contributed by atoms with Crippen molar-refractivity contribution in [3.63, 3.8) is 0 Å². The van der Waals surface area contributed by atoms with Gasteiger partial charge in [0.15, 0.2) is 6.10 Å². The summed E-state index contributed by atoms with van der Waals surface area (Å²) in [7, 11) is 0. The molecule has 1 atom stereocenters. The summed E-state index contributed by atoms with van der Waals surface area (Å²) in [5.74, 6) is -0.965. The molecule has 0 amide bonds. The molecule has 0 heterocycles. The Hall–Kier alpha value is -4.71. The van der Waals surface area contributed by atoms with Crippen molar-refractivity contribution in [1.29, 1.82) is 0 Å². The van der Waals surface area contributed by atoms with Gasteiger partial charge in [0.2, 0.25) is 0 Å². The van der Waals surface area contributed by atoms with Gasteiger partial charge in [-0.2, -0.15) is 0 Å². The first-order chi connectivity index (χ1) is 39.5. The minimum absolute atomic E-state index is 0.107. The van der Waals surface area contributed by atoms with Crippen LogP contribution in [0.4, 0.5) is 0 Å². The van der Waals surface area contributed by atoms with Crippen molar-refractivity contribution >= 4 is 17.9 Å². The van der Waals surface area contributed by atoms with Gasteiger partial charge in [0.05, 0.1) is 0 Å². The third kappa shape index (κ3) is 64.1. The molecule has 0 aliphatic rings. The van der Waals surface area contributed by atoms with Gasteiger partial charge in [-0.3, -0.25) is 14.4 Å². The number of carbonyl (C=O) groups is 3. The van der Waals surface area contributed by atoms with Gasteiger partial charge in [0.1, 0.15) is 13.2 Å². The summed E-state index contributed by atoms with van der Waals surface area (Å²) in [6.45, 7) is 6.45. The van der Waals surface area contributed by atoms with E-state index < -0.39 is 6.10 Å². The van der Waals surface area contributed by atoms with Crippen molar-refractivity contribution in [2.24, 2.45) is 0 Å². The van der Waals surface area contributed by atoms with Crippen molar-refractivity contribution in [3.05, 3.63) is 146 Å². The van der Waals surface area contributed by atoms with E-state index in [-0.39, 0.29) is 31.1 Å². The fourth-order valence-electron chi connectivity index (χ4n) is 8.64. The van der Waals surface area contributed by atoms with Crippen LogP contribution in [-0.4, -0.2) is 37.2 Å². The average Bonchev–Trinajstić information content (AvgIpc) is 3.46. The number of unbranched alkanes of at least 4 members (excludes halogenated alkanes) is 23. The SMILES string of the molecule is CC/C=C\C/C=C\C/C=C\C/C=C\C/C=C\C/C=C\C/C=C\CCCCCC(=O)OCC(COC(=O)CCCCCCC/C=C\C/C=C\CCCCCC)OC(=O)CCCCCCCC/C=C\C/C=C\C/C=C\CCCCCCC. The second-order valence-electron chi connectivity index (χ2n) is 21.3. The molecule has 0 N–H and O–H groups in total. The molecule has 0 saturated carbocycles. The lowest BCUT2D eigenvalue weighted by Crippen LogP contribution is -2.30. The maximum Gasteiger partial charge on any atom is 0.306 e. The topological polar surface area (TPSA) is 78.9 Å². The molecule has 6 heteroatoms. The first-order valence-electron chi connectivity index (χ1n) is 32.8. The number of carbonyl (C=O) groups excluding carboxylic acids is 3. The first kappa shape index (κ1) is 75.3. The van der Waals surface area contributed by atoms with Crippen LogP contribution in [0.2, 0.25) is 0 Å². The van der Waals surface area contributed by atoms with Crippen LogP contribution in [0.5, 0.6) is 0 Å². The maximum atomic E-state index is 12.9. The predicted molar refractivity (Wildman–Crippen MR) is 348 cm³/mol. The Morgan fingerprint density at radius 3 is 0.787 bits per heavy atom. The van der Waals surface area contributed by atoms with Crippen LogP contribution >= 0.6 is 0 Å². The highest BCUT2D eigenvalue weighted by atomic mass is 16.6. The van der Waals surface area contributed by atoms with Crippen molar-refractivity contribution in [1.82, 2.24) is 0 Å². The van der Waals surface area contributed by atoms with E-state index in [2.05, 4.69) is 167 Å². The fraction of sp³-hybridized carbons (Fsp3) is 0.635. The molecule has 0 aliphatic heterocycles. The number of rotatable bonds is 58. The Balaban J connectivity index is 4.51. The van der Waals surface area contributed by atoms with E-state index in [1.807, 2.05) is 0 Å². The largest absolute Gasteiger partial charge is 0.462 e. The van der Waals surface area contributed by atoms with Gasteiger partial charge in [0, 0.05) is 19.3 Å². The summed E-state index contributed by atoms with van der Waals surface area (Å²) in [6, 6.07) is 0. The summed E-state index contributed by atoms with van der Waals surface area (Å²) in [5.41, 5.74) is 0. The van der Waals surface area contributed by atoms with Gasteiger partial charge in [-0.25, -0.2) is 0 Å². The lowest BCUT2D eigenvalue weighted by atomic mass is 10.1. The van der Waals surface area contributed by atoms with Crippen molar-refractivity contribution < 1.29 is 28.6 Å². The zero-order valence-corrected chi connectivity index (χ0v) is 51.8. The summed E-state index contributed by atoms with van der Waals surface area (Å²) in [5, 5.41) is 0. The summed E-state index contributed by atoms with van der Waals surface area (Å²) >= 11 is 0. The second kappa shape index (κ2) is 66.8. The zero-order chi connectivity index (χ0) is 57.8. The molecular formula is C74H120O6. The van der Waals surface area contributed by atoms with Gasteiger partial charge in [-0.15, -0.1) is 0 Å². The standard InChI is InChI=1S/C74H120O6/c1-4-7-10-13-16-19-22-25-28-31-33-35-36-37-38-40-41-43-46-49-52-55-58-61-64-67-73(76)79-70-71(69-78-72(75)66-63-60-57-54-51-48-45-30-27-24-21-18-15-12-9-6-3)80-74(77)68-65-62-59-56-53-50-47-44-42-39-34-32-29-26-23-20-17-14-11-8-5-2/h7,10,16,19,21,23-26,28,30,32-35,37-38,41-45,49,52,71H,4-6,8-9,11-15,17-18,20,22,27,29,31,36,39-40,46-48,50-51,53-70H2,1-3H3/b10-7-,19-16-,24-21-,26-23-,28-25-,34-32-,35-33-,38-37-,43-41-,44-42-,45-30-,52-49-. The molecular weight excluding hydrogens is 985 g/mol. The second-order valence-corrected chi connectivity index (χ2v) is 21.3. The van der Waals surface area contributed by atoms with E-state index in [0.29, 0.717) is 19.3 Å². The van der Waals surface area contributed by atoms with Crippen LogP contribution in [0.3, 0.4) is 0 Å². The molecule has 6 nitrogen and oxygen atoms in total. The summed E-state index contributed by atoms with van der Waals surface area (Å²) < 4.78 is 16.9. The Labute approximate surface area is 493 Å². The highest BCUT2D eigenvalue weighted by Gasteiger charge is 2.19. The van der Waals surface area contributed by atoms with Crippen molar-refractivity contribution in [3.8, 4) is 0 Å². The molecule has 1 unspecified atom stereocenters. The lowest BCUT2D eigenvalue weighted by molar-refractivity contribution is -0.167. The van der Waals surface area contributed by atoms with Crippen LogP contribution < -0.4 is 0 Å². The molecule has 0 aromatic heterocycles. The van der Waals surface area contributed by atoms with Crippen LogP contribution in [0.15, 0.2) is 146 Å². The smallest absolute Gasteiger partial charge is 0.306 e. The van der Waals surface area contributed by atoms with E-state index in [1.54, 1.807) is 0 Å². The average molecular weight is 1110 g/mol. The number of allylic oxidation sites excluding steroid dienone is 24. The van der Waals surface area contributed by atoms with E-state index in [4.69, 9.17) is 14.2 Å². The molecule has 0 aromatic rings. The highest BCUT2D eigenvalue weighted by Crippen LogP contribution is 2.14. The predicted octanol–water partition coefficient (Wildman–Crippen LogP) is 22.7. The normalized spacial score (nSPS) is 13.1. The number of esters is 3. The van der Waals surface area contributed by atoms with E-state index >= 15 is 0 Å². The first-order valence-corrected chi connectivity index (χ1v) is 32.8. The van der Waals surface area contributed by atoms with Crippen molar-refractivity contribution in [2.45, 2.75) is 290 Å². The third-order valence-electron chi connectivity index (χ3n) is 13.5. The highest BCUT2D eigenvalue weighted by molar-refractivity contribution is 5.71. The lowest BCUT2D eigenvalue weighted by Gasteiger charge is -2.18. The third-order valence-corrected chi connectivity index (χ3v) is 13.5. The molecule has 0 radical (unpaired) electrons.